The Morgan fingerprint density at radius 2 is 2.00 bits per heavy atom. The molecule has 1 N–H and O–H groups in total. The molecule has 0 bridgehead atoms. The molecule has 0 aliphatic carbocycles. The van der Waals surface area contributed by atoms with Crippen LogP contribution in [0.2, 0.25) is 0 Å². The third-order valence-corrected chi connectivity index (χ3v) is 1.72. The van der Waals surface area contributed by atoms with E-state index >= 15 is 0 Å². The summed E-state index contributed by atoms with van der Waals surface area (Å²) in [5.41, 5.74) is 0.962. The van der Waals surface area contributed by atoms with Crippen molar-refractivity contribution in [3.05, 3.63) is 30.3 Å². The third kappa shape index (κ3) is 1.41. The lowest BCUT2D eigenvalue weighted by Crippen LogP contribution is -3.04. The van der Waals surface area contributed by atoms with Crippen molar-refractivity contribution in [1.82, 2.24) is 0 Å². The molecule has 66 valence electrons. The highest BCUT2D eigenvalue weighted by molar-refractivity contribution is 5.66. The molecule has 1 aliphatic heterocycles. The van der Waals surface area contributed by atoms with Crippen molar-refractivity contribution < 1.29 is 9.75 Å². The van der Waals surface area contributed by atoms with Gasteiger partial charge >= 0.3 is 6.02 Å². The quantitative estimate of drug-likeness (QED) is 0.667. The Morgan fingerprint density at radius 3 is 2.69 bits per heavy atom. The first-order valence-electron chi connectivity index (χ1n) is 3.87. The zero-order valence-electron chi connectivity index (χ0n) is 7.14. The summed E-state index contributed by atoms with van der Waals surface area (Å²) in [5.74, 6) is 0. The number of nitrogens with zero attached hydrogens (tertiary/aromatic N) is 3. The summed E-state index contributed by atoms with van der Waals surface area (Å²) in [7, 11) is 1.55. The molecule has 13 heavy (non-hydrogen) atoms. The molecular weight excluding hydrogens is 168 g/mol. The van der Waals surface area contributed by atoms with Gasteiger partial charge < -0.3 is 4.74 Å². The third-order valence-electron chi connectivity index (χ3n) is 1.72. The van der Waals surface area contributed by atoms with Gasteiger partial charge in [0.2, 0.25) is 0 Å². The minimum Gasteiger partial charge on any atom is -0.437 e. The van der Waals surface area contributed by atoms with Crippen LogP contribution in [0.1, 0.15) is 0 Å². The van der Waals surface area contributed by atoms with Crippen molar-refractivity contribution in [2.75, 3.05) is 7.11 Å². The average Bonchev–Trinajstić information content (AvgIpc) is 2.67. The van der Waals surface area contributed by atoms with Crippen molar-refractivity contribution in [2.24, 2.45) is 15.5 Å². The van der Waals surface area contributed by atoms with Gasteiger partial charge in [-0.05, 0) is 5.10 Å². The monoisotopic (exact) mass is 177 g/mol. The molecule has 0 radical (unpaired) electrons. The van der Waals surface area contributed by atoms with Crippen LogP contribution in [0.5, 0.6) is 0 Å². The van der Waals surface area contributed by atoms with E-state index in [1.807, 2.05) is 30.3 Å². The lowest BCUT2D eigenvalue weighted by molar-refractivity contribution is -0.751. The molecule has 1 aromatic carbocycles. The van der Waals surface area contributed by atoms with Crippen molar-refractivity contribution in [3.8, 4) is 0 Å². The molecule has 1 heterocycles. The fourth-order valence-electron chi connectivity index (χ4n) is 1.11. The summed E-state index contributed by atoms with van der Waals surface area (Å²) in [6.07, 6.45) is 0. The smallest absolute Gasteiger partial charge is 0.437 e. The molecule has 0 fully saturated rings. The standard InChI is InChI=1S/C8H8N4O/c1-13-8-9-10-11-12(8)7-5-3-2-4-6-7/h2-6H,1H3/p+1. The van der Waals surface area contributed by atoms with Gasteiger partial charge in [-0.25, -0.2) is 0 Å². The van der Waals surface area contributed by atoms with Gasteiger partial charge in [0.1, 0.15) is 0 Å². The van der Waals surface area contributed by atoms with Crippen LogP contribution in [-0.2, 0) is 4.74 Å². The van der Waals surface area contributed by atoms with Crippen LogP contribution >= 0.6 is 0 Å². The Balaban J connectivity index is 2.28. The number of quaternary nitrogens is 1. The molecule has 0 saturated heterocycles. The van der Waals surface area contributed by atoms with Gasteiger partial charge in [-0.1, -0.05) is 23.2 Å². The van der Waals surface area contributed by atoms with Gasteiger partial charge in [-0.2, -0.15) is 0 Å². The summed E-state index contributed by atoms with van der Waals surface area (Å²) in [5, 5.41) is 11.8. The summed E-state index contributed by atoms with van der Waals surface area (Å²) in [6.45, 7) is 0. The first kappa shape index (κ1) is 7.88. The van der Waals surface area contributed by atoms with Gasteiger partial charge in [0, 0.05) is 17.4 Å². The zero-order valence-corrected chi connectivity index (χ0v) is 7.14. The maximum atomic E-state index is 5.00. The van der Waals surface area contributed by atoms with Crippen molar-refractivity contribution >= 4 is 11.7 Å². The average molecular weight is 177 g/mol. The van der Waals surface area contributed by atoms with E-state index in [0.29, 0.717) is 11.0 Å². The first-order valence-corrected chi connectivity index (χ1v) is 3.87. The molecule has 1 aliphatic rings. The van der Waals surface area contributed by atoms with Crippen molar-refractivity contribution in [2.45, 2.75) is 0 Å². The second-order valence-electron chi connectivity index (χ2n) is 2.51. The topological polar surface area (TPSA) is 50.8 Å². The molecule has 5 nitrogen and oxygen atoms in total. The SMILES string of the molecule is COC1=NN=N[NH+]1c1ccccc1. The van der Waals surface area contributed by atoms with Gasteiger partial charge in [-0.3, -0.25) is 0 Å². The van der Waals surface area contributed by atoms with E-state index < -0.39 is 0 Å². The highest BCUT2D eigenvalue weighted by atomic mass is 16.5. The van der Waals surface area contributed by atoms with E-state index in [9.17, 15) is 0 Å². The Labute approximate surface area is 75.3 Å². The lowest BCUT2D eigenvalue weighted by Gasteiger charge is -2.04. The van der Waals surface area contributed by atoms with Gasteiger partial charge in [-0.15, -0.1) is 0 Å². The molecule has 0 spiro atoms. The van der Waals surface area contributed by atoms with Crippen LogP contribution < -0.4 is 5.01 Å². The number of hydrogen-bond acceptors (Lipinski definition) is 4. The van der Waals surface area contributed by atoms with Gasteiger partial charge in [0.15, 0.2) is 5.69 Å². The summed E-state index contributed by atoms with van der Waals surface area (Å²) < 4.78 is 5.00. The van der Waals surface area contributed by atoms with E-state index in [-0.39, 0.29) is 0 Å². The second kappa shape index (κ2) is 3.32. The number of nitrogens with one attached hydrogen (secondary N) is 1. The van der Waals surface area contributed by atoms with Crippen LogP contribution in [-0.4, -0.2) is 13.1 Å². The molecule has 5 heteroatoms. The van der Waals surface area contributed by atoms with Crippen molar-refractivity contribution in [3.63, 3.8) is 0 Å². The number of hydrogen-bond donors (Lipinski definition) is 1. The number of amidine groups is 1. The Hall–Kier alpha value is -1.75. The Kier molecular flexibility index (Phi) is 2.01. The van der Waals surface area contributed by atoms with Crippen LogP contribution in [0.15, 0.2) is 45.9 Å². The summed E-state index contributed by atoms with van der Waals surface area (Å²) >= 11 is 0. The molecule has 0 aromatic heterocycles. The number of methoxy groups -OCH3 is 1. The fraction of sp³-hybridized carbons (Fsp3) is 0.125. The van der Waals surface area contributed by atoms with E-state index in [2.05, 4.69) is 15.5 Å². The second-order valence-corrected chi connectivity index (χ2v) is 2.51. The molecule has 0 amide bonds. The largest absolute Gasteiger partial charge is 0.451 e. The minimum absolute atomic E-state index is 0.464. The molecular formula is C8H9N4O+. The van der Waals surface area contributed by atoms with E-state index in [0.717, 1.165) is 5.69 Å². The molecule has 1 atom stereocenters. The fourth-order valence-corrected chi connectivity index (χ4v) is 1.11. The maximum absolute atomic E-state index is 5.00. The number of ether oxygens (including phenoxy) is 1. The lowest BCUT2D eigenvalue weighted by atomic mass is 10.3. The highest BCUT2D eigenvalue weighted by Crippen LogP contribution is 2.01. The van der Waals surface area contributed by atoms with E-state index in [4.69, 9.17) is 4.74 Å². The predicted octanol–water partition coefficient (Wildman–Crippen LogP) is 0.501. The summed E-state index contributed by atoms with van der Waals surface area (Å²) in [6, 6.07) is 10.2. The van der Waals surface area contributed by atoms with Crippen LogP contribution in [0, 0.1) is 0 Å². The Bertz CT molecular complexity index is 346. The number of benzene rings is 1. The number of rotatable bonds is 1. The highest BCUT2D eigenvalue weighted by Gasteiger charge is 2.25. The van der Waals surface area contributed by atoms with Crippen LogP contribution in [0.3, 0.4) is 0 Å². The summed E-state index contributed by atoms with van der Waals surface area (Å²) in [4.78, 5) is 0. The van der Waals surface area contributed by atoms with E-state index in [1.165, 1.54) is 0 Å². The molecule has 1 aromatic rings. The number of para-hydroxylation sites is 1. The minimum atomic E-state index is 0.464. The van der Waals surface area contributed by atoms with Crippen LogP contribution in [0.4, 0.5) is 5.69 Å². The maximum Gasteiger partial charge on any atom is 0.451 e. The van der Waals surface area contributed by atoms with Crippen molar-refractivity contribution in [1.29, 1.82) is 0 Å². The van der Waals surface area contributed by atoms with E-state index in [1.54, 1.807) is 7.11 Å². The molecule has 1 unspecified atom stereocenters. The zero-order chi connectivity index (χ0) is 9.10. The Morgan fingerprint density at radius 1 is 1.23 bits per heavy atom. The normalized spacial score (nSPS) is 20.1. The predicted molar refractivity (Wildman–Crippen MR) is 46.4 cm³/mol. The molecule has 0 saturated carbocycles. The van der Waals surface area contributed by atoms with Gasteiger partial charge in [0.25, 0.3) is 0 Å². The van der Waals surface area contributed by atoms with Crippen LogP contribution in [0.25, 0.3) is 0 Å². The first-order chi connectivity index (χ1) is 6.42. The molecule has 2 rings (SSSR count). The van der Waals surface area contributed by atoms with Gasteiger partial charge in [0.05, 0.1) is 12.3 Å².